The summed E-state index contributed by atoms with van der Waals surface area (Å²) in [5.41, 5.74) is 0.277. The highest BCUT2D eigenvalue weighted by Crippen LogP contribution is 2.21. The molecule has 21 heavy (non-hydrogen) atoms. The molecule has 2 rings (SSSR count). The monoisotopic (exact) mass is 307 g/mol. The van der Waals surface area contributed by atoms with Crippen LogP contribution in [0.5, 0.6) is 0 Å². The Morgan fingerprint density at radius 2 is 2.38 bits per heavy atom. The molecule has 0 aliphatic rings. The molecule has 2 heterocycles. The maximum atomic E-state index is 11.1. The maximum Gasteiger partial charge on any atom is 0.342 e. The number of carbonyl (C=O) groups is 1. The van der Waals surface area contributed by atoms with Crippen LogP contribution < -0.4 is 5.32 Å². The fraction of sp³-hybridized carbons (Fsp3) is 0.231. The first-order valence-corrected chi connectivity index (χ1v) is 7.07. The number of hydrogen-bond acceptors (Lipinski definition) is 6. The van der Waals surface area contributed by atoms with E-state index in [1.807, 2.05) is 23.8 Å². The SMILES string of the molecule is CC(Cc1ccsc1)Nc1cc(C(=O)O)c([N+](=O)[O-])cn1. The second kappa shape index (κ2) is 6.31. The Labute approximate surface area is 124 Å². The van der Waals surface area contributed by atoms with Crippen LogP contribution in [0.3, 0.4) is 0 Å². The summed E-state index contributed by atoms with van der Waals surface area (Å²) in [7, 11) is 0. The lowest BCUT2D eigenvalue weighted by atomic mass is 10.1. The summed E-state index contributed by atoms with van der Waals surface area (Å²) in [4.78, 5) is 25.0. The minimum Gasteiger partial charge on any atom is -0.477 e. The van der Waals surface area contributed by atoms with Crippen LogP contribution in [0.2, 0.25) is 0 Å². The minimum absolute atomic E-state index is 0.0233. The van der Waals surface area contributed by atoms with Crippen LogP contribution in [0.1, 0.15) is 22.8 Å². The van der Waals surface area contributed by atoms with Crippen LogP contribution in [-0.4, -0.2) is 27.0 Å². The van der Waals surface area contributed by atoms with E-state index in [1.165, 1.54) is 11.6 Å². The van der Waals surface area contributed by atoms with E-state index in [2.05, 4.69) is 10.3 Å². The first-order valence-electron chi connectivity index (χ1n) is 6.12. The standard InChI is InChI=1S/C13H13N3O4S/c1-8(4-9-2-3-21-7-9)15-12-5-10(13(17)18)11(6-14-12)16(19)20/h2-3,5-8H,4H2,1H3,(H,14,15)(H,17,18). The molecule has 0 bridgehead atoms. The second-order valence-corrected chi connectivity index (χ2v) is 5.31. The molecule has 0 fully saturated rings. The van der Waals surface area contributed by atoms with Crippen molar-refractivity contribution in [2.24, 2.45) is 0 Å². The highest BCUT2D eigenvalue weighted by molar-refractivity contribution is 7.07. The van der Waals surface area contributed by atoms with Gasteiger partial charge in [0.25, 0.3) is 0 Å². The molecule has 7 nitrogen and oxygen atoms in total. The Kier molecular flexibility index (Phi) is 4.49. The molecule has 2 aromatic heterocycles. The fourth-order valence-corrected chi connectivity index (χ4v) is 2.59. The molecule has 0 aliphatic carbocycles. The molecular formula is C13H13N3O4S. The summed E-state index contributed by atoms with van der Waals surface area (Å²) in [6.45, 7) is 1.93. The van der Waals surface area contributed by atoms with Gasteiger partial charge in [0, 0.05) is 12.1 Å². The van der Waals surface area contributed by atoms with E-state index in [0.29, 0.717) is 5.82 Å². The van der Waals surface area contributed by atoms with Crippen molar-refractivity contribution in [1.82, 2.24) is 4.98 Å². The number of hydrogen-bond donors (Lipinski definition) is 2. The molecule has 2 aromatic rings. The number of aromatic nitrogens is 1. The molecule has 1 atom stereocenters. The predicted octanol–water partition coefficient (Wildman–Crippen LogP) is 2.79. The topological polar surface area (TPSA) is 105 Å². The highest BCUT2D eigenvalue weighted by atomic mass is 32.1. The first-order chi connectivity index (χ1) is 9.97. The molecule has 0 aliphatic heterocycles. The van der Waals surface area contributed by atoms with Gasteiger partial charge >= 0.3 is 11.7 Å². The van der Waals surface area contributed by atoms with Crippen LogP contribution in [-0.2, 0) is 6.42 Å². The molecule has 2 N–H and O–H groups in total. The molecule has 1 unspecified atom stereocenters. The summed E-state index contributed by atoms with van der Waals surface area (Å²) in [5, 5.41) is 26.8. The van der Waals surface area contributed by atoms with Crippen LogP contribution in [0.4, 0.5) is 11.5 Å². The van der Waals surface area contributed by atoms with Crippen molar-refractivity contribution < 1.29 is 14.8 Å². The average Bonchev–Trinajstić information content (AvgIpc) is 2.90. The highest BCUT2D eigenvalue weighted by Gasteiger charge is 2.21. The third kappa shape index (κ3) is 3.76. The molecule has 0 radical (unpaired) electrons. The number of anilines is 1. The van der Waals surface area contributed by atoms with Gasteiger partial charge in [-0.2, -0.15) is 11.3 Å². The van der Waals surface area contributed by atoms with Crippen molar-refractivity contribution in [2.45, 2.75) is 19.4 Å². The van der Waals surface area contributed by atoms with Gasteiger partial charge in [0.05, 0.1) is 4.92 Å². The molecule has 0 spiro atoms. The van der Waals surface area contributed by atoms with Crippen molar-refractivity contribution in [3.8, 4) is 0 Å². The zero-order valence-corrected chi connectivity index (χ0v) is 12.0. The van der Waals surface area contributed by atoms with Gasteiger partial charge in [-0.1, -0.05) is 0 Å². The molecule has 0 aromatic carbocycles. The lowest BCUT2D eigenvalue weighted by Gasteiger charge is -2.14. The van der Waals surface area contributed by atoms with E-state index in [9.17, 15) is 14.9 Å². The quantitative estimate of drug-likeness (QED) is 0.628. The number of nitro groups is 1. The fourth-order valence-electron chi connectivity index (χ4n) is 1.91. The van der Waals surface area contributed by atoms with Crippen molar-refractivity contribution in [3.05, 3.63) is 50.3 Å². The number of pyridine rings is 1. The van der Waals surface area contributed by atoms with Crippen LogP contribution in [0.25, 0.3) is 0 Å². The largest absolute Gasteiger partial charge is 0.477 e. The zero-order chi connectivity index (χ0) is 15.4. The third-order valence-electron chi connectivity index (χ3n) is 2.83. The summed E-state index contributed by atoms with van der Waals surface area (Å²) < 4.78 is 0. The van der Waals surface area contributed by atoms with Crippen molar-refractivity contribution in [3.63, 3.8) is 0 Å². The minimum atomic E-state index is -1.35. The third-order valence-corrected chi connectivity index (χ3v) is 3.56. The van der Waals surface area contributed by atoms with Gasteiger partial charge in [-0.05, 0) is 35.7 Å². The van der Waals surface area contributed by atoms with Gasteiger partial charge in [-0.15, -0.1) is 0 Å². The molecule has 0 amide bonds. The van der Waals surface area contributed by atoms with Gasteiger partial charge < -0.3 is 10.4 Å². The second-order valence-electron chi connectivity index (χ2n) is 4.53. The number of rotatable bonds is 6. The summed E-state index contributed by atoms with van der Waals surface area (Å²) in [6, 6.07) is 3.22. The number of nitrogens with one attached hydrogen (secondary N) is 1. The van der Waals surface area contributed by atoms with Crippen molar-refractivity contribution in [1.29, 1.82) is 0 Å². The predicted molar refractivity (Wildman–Crippen MR) is 79.0 cm³/mol. The Morgan fingerprint density at radius 1 is 1.62 bits per heavy atom. The van der Waals surface area contributed by atoms with Crippen LogP contribution in [0, 0.1) is 10.1 Å². The molecule has 110 valence electrons. The normalized spacial score (nSPS) is 11.9. The van der Waals surface area contributed by atoms with Crippen LogP contribution in [0.15, 0.2) is 29.1 Å². The Morgan fingerprint density at radius 3 is 2.95 bits per heavy atom. The van der Waals surface area contributed by atoms with Gasteiger partial charge in [0.2, 0.25) is 0 Å². The summed E-state index contributed by atoms with van der Waals surface area (Å²) in [6.07, 6.45) is 1.72. The lowest BCUT2D eigenvalue weighted by Crippen LogP contribution is -2.19. The lowest BCUT2D eigenvalue weighted by molar-refractivity contribution is -0.385. The first kappa shape index (κ1) is 14.9. The van der Waals surface area contributed by atoms with E-state index in [4.69, 9.17) is 5.11 Å². The molecule has 8 heteroatoms. The van der Waals surface area contributed by atoms with Crippen LogP contribution >= 0.6 is 11.3 Å². The Balaban J connectivity index is 2.15. The van der Waals surface area contributed by atoms with E-state index in [0.717, 1.165) is 12.6 Å². The number of nitrogens with zero attached hydrogens (tertiary/aromatic N) is 2. The van der Waals surface area contributed by atoms with E-state index >= 15 is 0 Å². The number of aromatic carboxylic acids is 1. The van der Waals surface area contributed by atoms with E-state index < -0.39 is 16.6 Å². The maximum absolute atomic E-state index is 11.1. The number of thiophene rings is 1. The smallest absolute Gasteiger partial charge is 0.342 e. The number of carboxylic acids is 1. The average molecular weight is 307 g/mol. The Bertz CT molecular complexity index is 657. The molecule has 0 saturated heterocycles. The zero-order valence-electron chi connectivity index (χ0n) is 11.1. The van der Waals surface area contributed by atoms with Gasteiger partial charge in [-0.3, -0.25) is 10.1 Å². The summed E-state index contributed by atoms with van der Waals surface area (Å²) in [5.74, 6) is -1.04. The molecule has 0 saturated carbocycles. The molecular weight excluding hydrogens is 294 g/mol. The van der Waals surface area contributed by atoms with Gasteiger partial charge in [0.15, 0.2) is 0 Å². The van der Waals surface area contributed by atoms with Gasteiger partial charge in [-0.25, -0.2) is 9.78 Å². The van der Waals surface area contributed by atoms with E-state index in [-0.39, 0.29) is 11.6 Å². The number of carboxylic acid groups (broad SMARTS) is 1. The Hall–Kier alpha value is -2.48. The van der Waals surface area contributed by atoms with Crippen molar-refractivity contribution in [2.75, 3.05) is 5.32 Å². The van der Waals surface area contributed by atoms with Gasteiger partial charge in [0.1, 0.15) is 17.6 Å². The van der Waals surface area contributed by atoms with Crippen molar-refractivity contribution >= 4 is 28.8 Å². The van der Waals surface area contributed by atoms with E-state index in [1.54, 1.807) is 11.3 Å². The summed E-state index contributed by atoms with van der Waals surface area (Å²) >= 11 is 1.60.